The van der Waals surface area contributed by atoms with E-state index in [1.165, 1.54) is 18.3 Å². The van der Waals surface area contributed by atoms with Crippen molar-refractivity contribution in [3.05, 3.63) is 46.6 Å². The van der Waals surface area contributed by atoms with Gasteiger partial charge >= 0.3 is 0 Å². The molecule has 0 radical (unpaired) electrons. The number of nitrogens with two attached hydrogens (primary N) is 1. The molecule has 4 nitrogen and oxygen atoms in total. The highest BCUT2D eigenvalue weighted by atomic mass is 35.5. The van der Waals surface area contributed by atoms with Gasteiger partial charge in [0, 0.05) is 11.8 Å². The predicted molar refractivity (Wildman–Crippen MR) is 71.1 cm³/mol. The van der Waals surface area contributed by atoms with Gasteiger partial charge in [-0.1, -0.05) is 35.3 Å². The number of aromatic nitrogens is 1. The number of benzene rings is 1. The van der Waals surface area contributed by atoms with Crippen molar-refractivity contribution in [1.82, 2.24) is 4.98 Å². The lowest BCUT2D eigenvalue weighted by Crippen LogP contribution is -2.11. The van der Waals surface area contributed by atoms with Crippen LogP contribution in [0.15, 0.2) is 41.4 Å². The van der Waals surface area contributed by atoms with Crippen LogP contribution in [0.25, 0.3) is 11.3 Å². The van der Waals surface area contributed by atoms with E-state index in [1.807, 2.05) is 0 Å². The van der Waals surface area contributed by atoms with E-state index in [1.54, 1.807) is 18.2 Å². The van der Waals surface area contributed by atoms with Crippen molar-refractivity contribution in [1.29, 1.82) is 0 Å². The summed E-state index contributed by atoms with van der Waals surface area (Å²) < 4.78 is 22.2. The molecule has 1 aromatic heterocycles. The van der Waals surface area contributed by atoms with E-state index in [2.05, 4.69) is 4.98 Å². The highest BCUT2D eigenvalue weighted by molar-refractivity contribution is 7.89. The lowest BCUT2D eigenvalue weighted by molar-refractivity contribution is 0.598. The van der Waals surface area contributed by atoms with Gasteiger partial charge in [0.15, 0.2) is 0 Å². The SMILES string of the molecule is NS(=O)(=O)c1ccc(-c2ncc(Cl)cc2Cl)cc1. The monoisotopic (exact) mass is 302 g/mol. The molecule has 2 N–H and O–H groups in total. The second-order valence-corrected chi connectivity index (χ2v) is 5.96. The van der Waals surface area contributed by atoms with Gasteiger partial charge < -0.3 is 0 Å². The van der Waals surface area contributed by atoms with Gasteiger partial charge in [-0.2, -0.15) is 0 Å². The first-order chi connectivity index (χ1) is 8.38. The average Bonchev–Trinajstić information content (AvgIpc) is 2.28. The lowest BCUT2D eigenvalue weighted by Gasteiger charge is -2.04. The molecule has 0 atom stereocenters. The number of nitrogens with zero attached hydrogens (tertiary/aromatic N) is 1. The lowest BCUT2D eigenvalue weighted by atomic mass is 10.1. The molecule has 18 heavy (non-hydrogen) atoms. The summed E-state index contributed by atoms with van der Waals surface area (Å²) in [5, 5.41) is 5.84. The zero-order chi connectivity index (χ0) is 13.3. The normalized spacial score (nSPS) is 11.5. The molecule has 1 heterocycles. The molecule has 7 heteroatoms. The summed E-state index contributed by atoms with van der Waals surface area (Å²) in [4.78, 5) is 4.13. The standard InChI is InChI=1S/C11H8Cl2N2O2S/c12-8-5-10(13)11(15-6-8)7-1-3-9(4-2-7)18(14,16)17/h1-6H,(H2,14,16,17). The number of rotatable bonds is 2. The van der Waals surface area contributed by atoms with Crippen LogP contribution in [0.3, 0.4) is 0 Å². The molecular weight excluding hydrogens is 295 g/mol. The molecule has 0 amide bonds. The molecule has 0 unspecified atom stereocenters. The highest BCUT2D eigenvalue weighted by Gasteiger charge is 2.10. The summed E-state index contributed by atoms with van der Waals surface area (Å²) in [6.07, 6.45) is 1.47. The number of sulfonamides is 1. The summed E-state index contributed by atoms with van der Waals surface area (Å²) in [6.45, 7) is 0. The Bertz CT molecular complexity index is 685. The first kappa shape index (κ1) is 13.3. The van der Waals surface area contributed by atoms with E-state index in [4.69, 9.17) is 28.3 Å². The topological polar surface area (TPSA) is 73.1 Å². The largest absolute Gasteiger partial charge is 0.253 e. The fourth-order valence-electron chi connectivity index (χ4n) is 1.43. The fraction of sp³-hybridized carbons (Fsp3) is 0. The fourth-order valence-corrected chi connectivity index (χ4v) is 2.43. The molecule has 0 saturated heterocycles. The van der Waals surface area contributed by atoms with Crippen molar-refractivity contribution in [2.45, 2.75) is 4.90 Å². The third-order valence-corrected chi connectivity index (χ3v) is 3.69. The van der Waals surface area contributed by atoms with Crippen molar-refractivity contribution in [2.24, 2.45) is 5.14 Å². The third kappa shape index (κ3) is 2.81. The molecule has 0 bridgehead atoms. The molecule has 1 aromatic carbocycles. The summed E-state index contributed by atoms with van der Waals surface area (Å²) in [6, 6.07) is 7.54. The minimum Gasteiger partial charge on any atom is -0.253 e. The minimum atomic E-state index is -3.69. The Labute approximate surface area is 114 Å². The van der Waals surface area contributed by atoms with Gasteiger partial charge in [-0.3, -0.25) is 4.98 Å². The maximum atomic E-state index is 11.1. The van der Waals surface area contributed by atoms with Gasteiger partial charge in [0.25, 0.3) is 0 Å². The maximum Gasteiger partial charge on any atom is 0.238 e. The molecule has 2 aromatic rings. The van der Waals surface area contributed by atoms with Crippen LogP contribution < -0.4 is 5.14 Å². The predicted octanol–water partition coefficient (Wildman–Crippen LogP) is 2.70. The summed E-state index contributed by atoms with van der Waals surface area (Å²) in [5.41, 5.74) is 1.21. The Kier molecular flexibility index (Phi) is 3.59. The van der Waals surface area contributed by atoms with E-state index in [0.717, 1.165) is 0 Å². The van der Waals surface area contributed by atoms with Crippen LogP contribution in [-0.4, -0.2) is 13.4 Å². The summed E-state index contributed by atoms with van der Waals surface area (Å²) in [7, 11) is -3.69. The number of halogens is 2. The van der Waals surface area contributed by atoms with Crippen molar-refractivity contribution in [3.8, 4) is 11.3 Å². The molecule has 0 spiro atoms. The maximum absolute atomic E-state index is 11.1. The van der Waals surface area contributed by atoms with Gasteiger partial charge in [0.2, 0.25) is 10.0 Å². The Morgan fingerprint density at radius 3 is 2.22 bits per heavy atom. The summed E-state index contributed by atoms with van der Waals surface area (Å²) in [5.74, 6) is 0. The molecule has 0 aliphatic carbocycles. The Morgan fingerprint density at radius 2 is 1.72 bits per heavy atom. The number of primary sulfonamides is 1. The van der Waals surface area contributed by atoms with Crippen LogP contribution >= 0.6 is 23.2 Å². The van der Waals surface area contributed by atoms with E-state index in [9.17, 15) is 8.42 Å². The van der Waals surface area contributed by atoms with Crippen molar-refractivity contribution >= 4 is 33.2 Å². The van der Waals surface area contributed by atoms with Gasteiger partial charge in [0.05, 0.1) is 20.6 Å². The molecule has 0 fully saturated rings. The van der Waals surface area contributed by atoms with Crippen LogP contribution in [0.1, 0.15) is 0 Å². The van der Waals surface area contributed by atoms with Crippen molar-refractivity contribution in [3.63, 3.8) is 0 Å². The van der Waals surface area contributed by atoms with Gasteiger partial charge in [-0.05, 0) is 18.2 Å². The van der Waals surface area contributed by atoms with Gasteiger partial charge in [0.1, 0.15) is 0 Å². The molecule has 0 saturated carbocycles. The quantitative estimate of drug-likeness (QED) is 0.927. The second kappa shape index (κ2) is 4.85. The average molecular weight is 303 g/mol. The van der Waals surface area contributed by atoms with Crippen molar-refractivity contribution < 1.29 is 8.42 Å². The summed E-state index contributed by atoms with van der Waals surface area (Å²) >= 11 is 11.8. The smallest absolute Gasteiger partial charge is 0.238 e. The Hall–Kier alpha value is -1.14. The van der Waals surface area contributed by atoms with E-state index >= 15 is 0 Å². The first-order valence-corrected chi connectivity index (χ1v) is 7.12. The van der Waals surface area contributed by atoms with E-state index in [0.29, 0.717) is 21.3 Å². The minimum absolute atomic E-state index is 0.0383. The third-order valence-electron chi connectivity index (χ3n) is 2.26. The molecule has 94 valence electrons. The van der Waals surface area contributed by atoms with Crippen LogP contribution in [-0.2, 0) is 10.0 Å². The number of hydrogen-bond donors (Lipinski definition) is 1. The van der Waals surface area contributed by atoms with Crippen LogP contribution in [0, 0.1) is 0 Å². The van der Waals surface area contributed by atoms with Crippen LogP contribution in [0.5, 0.6) is 0 Å². The number of hydrogen-bond acceptors (Lipinski definition) is 3. The molecular formula is C11H8Cl2N2O2S. The number of pyridine rings is 1. The Morgan fingerprint density at radius 1 is 1.11 bits per heavy atom. The zero-order valence-electron chi connectivity index (χ0n) is 8.97. The van der Waals surface area contributed by atoms with Gasteiger partial charge in [-0.15, -0.1) is 0 Å². The van der Waals surface area contributed by atoms with Crippen LogP contribution in [0.2, 0.25) is 10.0 Å². The Balaban J connectivity index is 2.47. The zero-order valence-corrected chi connectivity index (χ0v) is 11.3. The van der Waals surface area contributed by atoms with E-state index < -0.39 is 10.0 Å². The highest BCUT2D eigenvalue weighted by Crippen LogP contribution is 2.28. The second-order valence-electron chi connectivity index (χ2n) is 3.55. The van der Waals surface area contributed by atoms with Crippen molar-refractivity contribution in [2.75, 3.05) is 0 Å². The molecule has 0 aliphatic heterocycles. The first-order valence-electron chi connectivity index (χ1n) is 4.82. The van der Waals surface area contributed by atoms with Crippen LogP contribution in [0.4, 0.5) is 0 Å². The van der Waals surface area contributed by atoms with E-state index in [-0.39, 0.29) is 4.90 Å². The van der Waals surface area contributed by atoms with Gasteiger partial charge in [-0.25, -0.2) is 13.6 Å². The molecule has 2 rings (SSSR count). The molecule has 0 aliphatic rings.